The molecule has 0 amide bonds. The first-order chi connectivity index (χ1) is 9.17. The molecular weight excluding hydrogens is 248 g/mol. The zero-order valence-corrected chi connectivity index (χ0v) is 10.9. The van der Waals surface area contributed by atoms with E-state index >= 15 is 0 Å². The average Bonchev–Trinajstić information content (AvgIpc) is 2.85. The summed E-state index contributed by atoms with van der Waals surface area (Å²) in [6, 6.07) is 7.73. The molecule has 0 saturated carbocycles. The van der Waals surface area contributed by atoms with Gasteiger partial charge in [-0.2, -0.15) is 0 Å². The predicted molar refractivity (Wildman–Crippen MR) is 68.2 cm³/mol. The van der Waals surface area contributed by atoms with Crippen molar-refractivity contribution in [3.63, 3.8) is 0 Å². The number of aliphatic carboxylic acids is 1. The summed E-state index contributed by atoms with van der Waals surface area (Å²) < 4.78 is 16.3. The molecule has 0 bridgehead atoms. The van der Waals surface area contributed by atoms with Crippen LogP contribution >= 0.6 is 0 Å². The molecular formula is C14H18O5. The van der Waals surface area contributed by atoms with E-state index in [0.717, 1.165) is 11.3 Å². The highest BCUT2D eigenvalue weighted by Crippen LogP contribution is 2.20. The van der Waals surface area contributed by atoms with Crippen LogP contribution < -0.4 is 4.74 Å². The fourth-order valence-corrected chi connectivity index (χ4v) is 2.00. The molecule has 19 heavy (non-hydrogen) atoms. The third-order valence-electron chi connectivity index (χ3n) is 3.05. The van der Waals surface area contributed by atoms with E-state index in [2.05, 4.69) is 0 Å². The molecule has 2 rings (SSSR count). The van der Waals surface area contributed by atoms with Crippen LogP contribution in [0.4, 0.5) is 0 Å². The van der Waals surface area contributed by atoms with Crippen LogP contribution in [-0.2, 0) is 20.7 Å². The predicted octanol–water partition coefficient (Wildman–Crippen LogP) is 1.84. The van der Waals surface area contributed by atoms with Gasteiger partial charge in [-0.1, -0.05) is 12.1 Å². The van der Waals surface area contributed by atoms with Gasteiger partial charge >= 0.3 is 5.97 Å². The summed E-state index contributed by atoms with van der Waals surface area (Å²) in [5.74, 6) is 0.0125. The minimum Gasteiger partial charge on any atom is -0.497 e. The molecule has 0 aromatic heterocycles. The molecule has 1 saturated heterocycles. The normalized spacial score (nSPS) is 22.4. The maximum atomic E-state index is 10.5. The number of ether oxygens (including phenoxy) is 3. The Balaban J connectivity index is 1.79. The number of hydrogen-bond donors (Lipinski definition) is 1. The van der Waals surface area contributed by atoms with E-state index in [1.807, 2.05) is 24.3 Å². The zero-order chi connectivity index (χ0) is 13.7. The molecule has 0 aliphatic carbocycles. The summed E-state index contributed by atoms with van der Waals surface area (Å²) in [4.78, 5) is 10.5. The fraction of sp³-hybridized carbons (Fsp3) is 0.500. The third kappa shape index (κ3) is 4.22. The highest BCUT2D eigenvalue weighted by molar-refractivity contribution is 5.66. The minimum atomic E-state index is -0.804. The fourth-order valence-electron chi connectivity index (χ4n) is 2.00. The van der Waals surface area contributed by atoms with Gasteiger partial charge in [0.1, 0.15) is 5.75 Å². The van der Waals surface area contributed by atoms with Gasteiger partial charge in [0.15, 0.2) is 6.29 Å². The first-order valence-corrected chi connectivity index (χ1v) is 6.29. The Morgan fingerprint density at radius 1 is 1.42 bits per heavy atom. The lowest BCUT2D eigenvalue weighted by Gasteiger charge is -2.11. The van der Waals surface area contributed by atoms with E-state index in [9.17, 15) is 4.79 Å². The van der Waals surface area contributed by atoms with Crippen LogP contribution in [0.2, 0.25) is 0 Å². The summed E-state index contributed by atoms with van der Waals surface area (Å²) in [5.41, 5.74) is 1.10. The molecule has 2 atom stereocenters. The van der Waals surface area contributed by atoms with Gasteiger partial charge in [-0.3, -0.25) is 4.79 Å². The SMILES string of the molecule is COc1ccc(CC2OCC(CCC(=O)O)O2)cc1. The third-order valence-corrected chi connectivity index (χ3v) is 3.05. The Kier molecular flexibility index (Phi) is 4.76. The van der Waals surface area contributed by atoms with E-state index in [-0.39, 0.29) is 18.8 Å². The number of carboxylic acids is 1. The average molecular weight is 266 g/mol. The molecule has 104 valence electrons. The Hall–Kier alpha value is -1.59. The lowest BCUT2D eigenvalue weighted by Crippen LogP contribution is -2.15. The summed E-state index contributed by atoms with van der Waals surface area (Å²) in [6.45, 7) is 0.466. The minimum absolute atomic E-state index is 0.112. The van der Waals surface area contributed by atoms with Crippen molar-refractivity contribution >= 4 is 5.97 Å². The standard InChI is InChI=1S/C14H18O5/c1-17-11-4-2-10(3-5-11)8-14-18-9-12(19-14)6-7-13(15)16/h2-5,12,14H,6-9H2,1H3,(H,15,16). The number of rotatable bonds is 6. The monoisotopic (exact) mass is 266 g/mol. The van der Waals surface area contributed by atoms with E-state index in [4.69, 9.17) is 19.3 Å². The lowest BCUT2D eigenvalue weighted by molar-refractivity contribution is -0.137. The second-order valence-corrected chi connectivity index (χ2v) is 4.51. The number of carbonyl (C=O) groups is 1. The van der Waals surface area contributed by atoms with Crippen molar-refractivity contribution in [2.75, 3.05) is 13.7 Å². The van der Waals surface area contributed by atoms with Crippen LogP contribution in [0.15, 0.2) is 24.3 Å². The molecule has 5 nitrogen and oxygen atoms in total. The van der Waals surface area contributed by atoms with Gasteiger partial charge in [0.25, 0.3) is 0 Å². The van der Waals surface area contributed by atoms with E-state index in [0.29, 0.717) is 19.4 Å². The van der Waals surface area contributed by atoms with Crippen LogP contribution in [-0.4, -0.2) is 37.2 Å². The molecule has 1 aliphatic heterocycles. The molecule has 0 spiro atoms. The van der Waals surface area contributed by atoms with Crippen molar-refractivity contribution < 1.29 is 24.1 Å². The Bertz CT molecular complexity index is 414. The zero-order valence-electron chi connectivity index (χ0n) is 10.9. The van der Waals surface area contributed by atoms with Gasteiger partial charge in [-0.25, -0.2) is 0 Å². The maximum Gasteiger partial charge on any atom is 0.303 e. The first-order valence-electron chi connectivity index (χ1n) is 6.29. The molecule has 2 unspecified atom stereocenters. The number of hydrogen-bond acceptors (Lipinski definition) is 4. The molecule has 0 radical (unpaired) electrons. The highest BCUT2D eigenvalue weighted by Gasteiger charge is 2.26. The van der Waals surface area contributed by atoms with Crippen molar-refractivity contribution in [1.82, 2.24) is 0 Å². The molecule has 1 heterocycles. The largest absolute Gasteiger partial charge is 0.497 e. The topological polar surface area (TPSA) is 65.0 Å². The van der Waals surface area contributed by atoms with Crippen molar-refractivity contribution in [3.8, 4) is 5.75 Å². The van der Waals surface area contributed by atoms with Crippen molar-refractivity contribution in [2.24, 2.45) is 0 Å². The molecule has 1 aliphatic rings. The number of methoxy groups -OCH3 is 1. The van der Waals surface area contributed by atoms with Crippen LogP contribution in [0.5, 0.6) is 5.75 Å². The van der Waals surface area contributed by atoms with Gasteiger partial charge in [0.2, 0.25) is 0 Å². The molecule has 1 aromatic rings. The summed E-state index contributed by atoms with van der Waals surface area (Å²) in [6.07, 6.45) is 0.872. The van der Waals surface area contributed by atoms with E-state index in [1.165, 1.54) is 0 Å². The van der Waals surface area contributed by atoms with E-state index < -0.39 is 5.97 Å². The molecule has 1 N–H and O–H groups in total. The van der Waals surface area contributed by atoms with Crippen molar-refractivity contribution in [2.45, 2.75) is 31.7 Å². The van der Waals surface area contributed by atoms with E-state index in [1.54, 1.807) is 7.11 Å². The van der Waals surface area contributed by atoms with Gasteiger partial charge in [-0.15, -0.1) is 0 Å². The van der Waals surface area contributed by atoms with Gasteiger partial charge in [-0.05, 0) is 24.1 Å². The Labute approximate surface area is 112 Å². The second-order valence-electron chi connectivity index (χ2n) is 4.51. The Morgan fingerprint density at radius 2 is 2.16 bits per heavy atom. The van der Waals surface area contributed by atoms with Crippen LogP contribution in [0, 0.1) is 0 Å². The first kappa shape index (κ1) is 13.8. The number of carboxylic acid groups (broad SMARTS) is 1. The molecule has 1 aromatic carbocycles. The van der Waals surface area contributed by atoms with Gasteiger partial charge < -0.3 is 19.3 Å². The van der Waals surface area contributed by atoms with Crippen molar-refractivity contribution in [3.05, 3.63) is 29.8 Å². The van der Waals surface area contributed by atoms with Crippen LogP contribution in [0.25, 0.3) is 0 Å². The molecule has 1 fully saturated rings. The van der Waals surface area contributed by atoms with Gasteiger partial charge in [0, 0.05) is 12.8 Å². The summed E-state index contributed by atoms with van der Waals surface area (Å²) in [5, 5.41) is 8.62. The summed E-state index contributed by atoms with van der Waals surface area (Å²) in [7, 11) is 1.63. The summed E-state index contributed by atoms with van der Waals surface area (Å²) >= 11 is 0. The maximum absolute atomic E-state index is 10.5. The van der Waals surface area contributed by atoms with Crippen LogP contribution in [0.1, 0.15) is 18.4 Å². The highest BCUT2D eigenvalue weighted by atomic mass is 16.7. The van der Waals surface area contributed by atoms with Crippen LogP contribution in [0.3, 0.4) is 0 Å². The Morgan fingerprint density at radius 3 is 2.79 bits per heavy atom. The quantitative estimate of drug-likeness (QED) is 0.851. The van der Waals surface area contributed by atoms with Crippen molar-refractivity contribution in [1.29, 1.82) is 0 Å². The molecule has 5 heteroatoms. The smallest absolute Gasteiger partial charge is 0.303 e. The second kappa shape index (κ2) is 6.54. The van der Waals surface area contributed by atoms with Gasteiger partial charge in [0.05, 0.1) is 19.8 Å². The lowest BCUT2D eigenvalue weighted by atomic mass is 10.1. The number of benzene rings is 1.